The Hall–Kier alpha value is -1.72. The maximum atomic E-state index is 14.5. The van der Waals surface area contributed by atoms with Crippen LogP contribution in [0.5, 0.6) is 0 Å². The highest BCUT2D eigenvalue weighted by Gasteiger charge is 2.52. The fourth-order valence-corrected chi connectivity index (χ4v) is 2.41. The molecule has 0 aliphatic carbocycles. The molecule has 2 aromatic rings. The summed E-state index contributed by atoms with van der Waals surface area (Å²) in [5.41, 5.74) is 1.20. The standard InChI is InChI=1S/C17H19BFNO2/c1-16(2)17(3,4)22-18(21-16)14-6-5-13(11-15(14)19)12-7-9-20-10-8-12/h5-11H,1-4H3. The molecule has 3 nitrogen and oxygen atoms in total. The van der Waals surface area contributed by atoms with Crippen molar-refractivity contribution in [2.75, 3.05) is 0 Å². The second-order valence-electron chi connectivity index (χ2n) is 6.56. The van der Waals surface area contributed by atoms with E-state index in [1.54, 1.807) is 18.5 Å². The molecule has 2 heterocycles. The van der Waals surface area contributed by atoms with Gasteiger partial charge in [0, 0.05) is 17.9 Å². The van der Waals surface area contributed by atoms with Crippen LogP contribution in [0.1, 0.15) is 27.7 Å². The zero-order valence-electron chi connectivity index (χ0n) is 13.3. The van der Waals surface area contributed by atoms with E-state index in [0.717, 1.165) is 11.1 Å². The number of hydrogen-bond donors (Lipinski definition) is 0. The van der Waals surface area contributed by atoms with E-state index < -0.39 is 18.3 Å². The van der Waals surface area contributed by atoms with E-state index in [4.69, 9.17) is 9.31 Å². The zero-order chi connectivity index (χ0) is 16.0. The molecule has 0 amide bonds. The van der Waals surface area contributed by atoms with E-state index in [1.165, 1.54) is 6.07 Å². The van der Waals surface area contributed by atoms with E-state index >= 15 is 0 Å². The van der Waals surface area contributed by atoms with Crippen molar-refractivity contribution in [3.8, 4) is 11.1 Å². The second kappa shape index (κ2) is 5.18. The predicted molar refractivity (Wildman–Crippen MR) is 85.3 cm³/mol. The van der Waals surface area contributed by atoms with Crippen LogP contribution in [0.3, 0.4) is 0 Å². The zero-order valence-corrected chi connectivity index (χ0v) is 13.3. The Morgan fingerprint density at radius 1 is 0.909 bits per heavy atom. The number of hydrogen-bond acceptors (Lipinski definition) is 3. The van der Waals surface area contributed by atoms with Gasteiger partial charge >= 0.3 is 7.12 Å². The van der Waals surface area contributed by atoms with E-state index in [-0.39, 0.29) is 5.82 Å². The van der Waals surface area contributed by atoms with Crippen LogP contribution in [-0.4, -0.2) is 23.3 Å². The predicted octanol–water partition coefficient (Wildman–Crippen LogP) is 3.19. The van der Waals surface area contributed by atoms with Gasteiger partial charge in [0.05, 0.1) is 11.2 Å². The molecule has 0 saturated carbocycles. The molecular formula is C17H19BFNO2. The van der Waals surface area contributed by atoms with Crippen molar-refractivity contribution >= 4 is 12.6 Å². The average Bonchev–Trinajstić information content (AvgIpc) is 2.68. The molecule has 114 valence electrons. The SMILES string of the molecule is CC1(C)OB(c2ccc(-c3ccncc3)cc2F)OC1(C)C. The molecule has 0 atom stereocenters. The summed E-state index contributed by atoms with van der Waals surface area (Å²) in [4.78, 5) is 3.97. The van der Waals surface area contributed by atoms with Crippen LogP contribution in [0.15, 0.2) is 42.7 Å². The Morgan fingerprint density at radius 2 is 1.50 bits per heavy atom. The van der Waals surface area contributed by atoms with Gasteiger partial charge in [0.2, 0.25) is 0 Å². The Balaban J connectivity index is 1.91. The van der Waals surface area contributed by atoms with E-state index in [2.05, 4.69) is 4.98 Å². The van der Waals surface area contributed by atoms with Gasteiger partial charge in [0.25, 0.3) is 0 Å². The number of benzene rings is 1. The van der Waals surface area contributed by atoms with Gasteiger partial charge in [-0.3, -0.25) is 4.98 Å². The monoisotopic (exact) mass is 299 g/mol. The number of rotatable bonds is 2. The first kappa shape index (κ1) is 15.2. The number of pyridine rings is 1. The molecule has 1 saturated heterocycles. The van der Waals surface area contributed by atoms with Gasteiger partial charge in [0.1, 0.15) is 5.82 Å². The van der Waals surface area contributed by atoms with E-state index in [1.807, 2.05) is 45.9 Å². The third-order valence-electron chi connectivity index (χ3n) is 4.52. The minimum atomic E-state index is -0.684. The van der Waals surface area contributed by atoms with E-state index in [9.17, 15) is 4.39 Å². The highest BCUT2D eigenvalue weighted by molar-refractivity contribution is 6.62. The Bertz CT molecular complexity index is 672. The van der Waals surface area contributed by atoms with Gasteiger partial charge < -0.3 is 9.31 Å². The first-order valence-electron chi connectivity index (χ1n) is 7.36. The largest absolute Gasteiger partial charge is 0.497 e. The van der Waals surface area contributed by atoms with Gasteiger partial charge in [-0.25, -0.2) is 4.39 Å². The molecule has 0 radical (unpaired) electrons. The lowest BCUT2D eigenvalue weighted by atomic mass is 9.78. The Labute approximate surface area is 130 Å². The maximum Gasteiger partial charge on any atom is 0.497 e. The van der Waals surface area contributed by atoms with Crippen molar-refractivity contribution in [3.05, 3.63) is 48.5 Å². The van der Waals surface area contributed by atoms with Crippen LogP contribution >= 0.6 is 0 Å². The van der Waals surface area contributed by atoms with Crippen molar-refractivity contribution in [1.29, 1.82) is 0 Å². The maximum absolute atomic E-state index is 14.5. The van der Waals surface area contributed by atoms with Crippen LogP contribution in [0.25, 0.3) is 11.1 Å². The van der Waals surface area contributed by atoms with Crippen LogP contribution in [0.4, 0.5) is 4.39 Å². The van der Waals surface area contributed by atoms with Gasteiger partial charge in [-0.2, -0.15) is 0 Å². The summed E-state index contributed by atoms with van der Waals surface area (Å²) in [6.45, 7) is 7.82. The van der Waals surface area contributed by atoms with Gasteiger partial charge in [-0.05, 0) is 57.0 Å². The van der Waals surface area contributed by atoms with Crippen molar-refractivity contribution < 1.29 is 13.7 Å². The first-order valence-corrected chi connectivity index (χ1v) is 7.36. The molecule has 22 heavy (non-hydrogen) atoms. The summed E-state index contributed by atoms with van der Waals surface area (Å²) in [7, 11) is -0.684. The molecule has 1 aromatic carbocycles. The second-order valence-corrected chi connectivity index (χ2v) is 6.56. The van der Waals surface area contributed by atoms with Crippen LogP contribution in [0, 0.1) is 5.82 Å². The molecule has 1 aliphatic rings. The van der Waals surface area contributed by atoms with Crippen molar-refractivity contribution in [2.45, 2.75) is 38.9 Å². The van der Waals surface area contributed by atoms with Gasteiger partial charge in [0.15, 0.2) is 0 Å². The topological polar surface area (TPSA) is 31.4 Å². The summed E-state index contributed by atoms with van der Waals surface area (Å²) in [5.74, 6) is -0.326. The molecule has 1 aromatic heterocycles. The average molecular weight is 299 g/mol. The summed E-state index contributed by atoms with van der Waals surface area (Å²) in [6.07, 6.45) is 3.38. The van der Waals surface area contributed by atoms with Gasteiger partial charge in [-0.1, -0.05) is 12.1 Å². The molecule has 1 fully saturated rings. The minimum Gasteiger partial charge on any atom is -0.399 e. The van der Waals surface area contributed by atoms with E-state index in [0.29, 0.717) is 5.46 Å². The third-order valence-corrected chi connectivity index (χ3v) is 4.52. The number of aromatic nitrogens is 1. The molecule has 0 spiro atoms. The van der Waals surface area contributed by atoms with Crippen LogP contribution in [0.2, 0.25) is 0 Å². The van der Waals surface area contributed by atoms with Gasteiger partial charge in [-0.15, -0.1) is 0 Å². The fraction of sp³-hybridized carbons (Fsp3) is 0.353. The molecule has 5 heteroatoms. The summed E-state index contributed by atoms with van der Waals surface area (Å²) in [5, 5.41) is 0. The summed E-state index contributed by atoms with van der Waals surface area (Å²) >= 11 is 0. The molecule has 0 N–H and O–H groups in total. The Kier molecular flexibility index (Phi) is 3.58. The smallest absolute Gasteiger partial charge is 0.399 e. The highest BCUT2D eigenvalue weighted by Crippen LogP contribution is 2.36. The fourth-order valence-electron chi connectivity index (χ4n) is 2.41. The molecular weight excluding hydrogens is 280 g/mol. The molecule has 0 bridgehead atoms. The van der Waals surface area contributed by atoms with Crippen molar-refractivity contribution in [3.63, 3.8) is 0 Å². The lowest BCUT2D eigenvalue weighted by Gasteiger charge is -2.32. The van der Waals surface area contributed by atoms with Crippen molar-refractivity contribution in [1.82, 2.24) is 4.98 Å². The van der Waals surface area contributed by atoms with Crippen molar-refractivity contribution in [2.24, 2.45) is 0 Å². The lowest BCUT2D eigenvalue weighted by Crippen LogP contribution is -2.41. The third kappa shape index (κ3) is 2.55. The number of halogens is 1. The normalized spacial score (nSPS) is 19.4. The lowest BCUT2D eigenvalue weighted by molar-refractivity contribution is 0.00578. The minimum absolute atomic E-state index is 0.326. The summed E-state index contributed by atoms with van der Waals surface area (Å²) in [6, 6.07) is 8.81. The molecule has 0 unspecified atom stereocenters. The first-order chi connectivity index (χ1) is 10.3. The number of nitrogens with zero attached hydrogens (tertiary/aromatic N) is 1. The summed E-state index contributed by atoms with van der Waals surface area (Å²) < 4.78 is 26.3. The quantitative estimate of drug-likeness (QED) is 0.798. The Morgan fingerprint density at radius 3 is 2.05 bits per heavy atom. The molecule has 1 aliphatic heterocycles. The van der Waals surface area contributed by atoms with Crippen LogP contribution in [-0.2, 0) is 9.31 Å². The molecule has 3 rings (SSSR count). The van der Waals surface area contributed by atoms with Crippen LogP contribution < -0.4 is 5.46 Å². The highest BCUT2D eigenvalue weighted by atomic mass is 19.1.